The van der Waals surface area contributed by atoms with E-state index in [0.29, 0.717) is 18.4 Å². The smallest absolute Gasteiger partial charge is 0.325 e. The highest BCUT2D eigenvalue weighted by Gasteiger charge is 2.31. The highest BCUT2D eigenvalue weighted by atomic mass is 16.3. The first-order chi connectivity index (χ1) is 8.11. The van der Waals surface area contributed by atoms with E-state index in [9.17, 15) is 14.7 Å². The third-order valence-electron chi connectivity index (χ3n) is 3.43. The molecule has 6 nitrogen and oxygen atoms in total. The molecule has 0 bridgehead atoms. The van der Waals surface area contributed by atoms with E-state index in [-0.39, 0.29) is 18.4 Å². The fourth-order valence-corrected chi connectivity index (χ4v) is 2.44. The van der Waals surface area contributed by atoms with E-state index < -0.39 is 17.4 Å². The summed E-state index contributed by atoms with van der Waals surface area (Å²) in [6, 6.07) is 0. The highest BCUT2D eigenvalue weighted by Crippen LogP contribution is 2.34. The molecule has 0 amide bonds. The van der Waals surface area contributed by atoms with Crippen LogP contribution in [0.2, 0.25) is 0 Å². The van der Waals surface area contributed by atoms with E-state index in [1.54, 1.807) is 0 Å². The van der Waals surface area contributed by atoms with E-state index in [0.717, 1.165) is 6.42 Å². The number of hydrogen-bond acceptors (Lipinski definition) is 4. The summed E-state index contributed by atoms with van der Waals surface area (Å²) in [6.45, 7) is 0.0600. The van der Waals surface area contributed by atoms with Crippen LogP contribution in [0.15, 0.2) is 15.8 Å². The van der Waals surface area contributed by atoms with Gasteiger partial charge in [-0.2, -0.15) is 0 Å². The first kappa shape index (κ1) is 12.1. The zero-order chi connectivity index (χ0) is 12.4. The second-order valence-corrected chi connectivity index (χ2v) is 4.56. The van der Waals surface area contributed by atoms with Crippen molar-refractivity contribution in [3.05, 3.63) is 32.6 Å². The van der Waals surface area contributed by atoms with Gasteiger partial charge in [-0.25, -0.2) is 4.79 Å². The summed E-state index contributed by atoms with van der Waals surface area (Å²) in [5.74, 6) is -0.212. The molecular formula is C11H16N2O4. The van der Waals surface area contributed by atoms with Crippen LogP contribution in [0.5, 0.6) is 0 Å². The average molecular weight is 240 g/mol. The van der Waals surface area contributed by atoms with Crippen LogP contribution in [-0.4, -0.2) is 32.9 Å². The van der Waals surface area contributed by atoms with Gasteiger partial charge in [0.05, 0.1) is 6.10 Å². The molecule has 1 aliphatic rings. The zero-order valence-corrected chi connectivity index (χ0v) is 9.35. The number of aliphatic hydroxyl groups excluding tert-OH is 2. The largest absolute Gasteiger partial charge is 0.396 e. The topological polar surface area (TPSA) is 106 Å². The fraction of sp³-hybridized carbons (Fsp3) is 0.636. The van der Waals surface area contributed by atoms with Crippen LogP contribution >= 0.6 is 0 Å². The Hall–Kier alpha value is -1.40. The molecule has 0 spiro atoms. The van der Waals surface area contributed by atoms with Gasteiger partial charge >= 0.3 is 5.69 Å². The van der Waals surface area contributed by atoms with Gasteiger partial charge in [0.1, 0.15) is 0 Å². The maximum Gasteiger partial charge on any atom is 0.325 e. The molecule has 0 radical (unpaired) electrons. The van der Waals surface area contributed by atoms with Crippen LogP contribution in [-0.2, 0) is 0 Å². The Morgan fingerprint density at radius 3 is 2.76 bits per heavy atom. The molecule has 0 aromatic carbocycles. The van der Waals surface area contributed by atoms with E-state index in [1.165, 1.54) is 6.20 Å². The van der Waals surface area contributed by atoms with Gasteiger partial charge in [-0.3, -0.25) is 9.78 Å². The van der Waals surface area contributed by atoms with Gasteiger partial charge in [0.15, 0.2) is 0 Å². The molecule has 1 aliphatic carbocycles. The first-order valence-electron chi connectivity index (χ1n) is 5.72. The molecular weight excluding hydrogens is 224 g/mol. The minimum atomic E-state index is -0.593. The molecule has 94 valence electrons. The predicted molar refractivity (Wildman–Crippen MR) is 60.9 cm³/mol. The van der Waals surface area contributed by atoms with Crippen molar-refractivity contribution in [3.8, 4) is 0 Å². The van der Waals surface area contributed by atoms with Crippen LogP contribution in [0, 0.1) is 5.92 Å². The number of hydrogen-bond donors (Lipinski definition) is 4. The van der Waals surface area contributed by atoms with E-state index in [1.807, 2.05) is 0 Å². The summed E-state index contributed by atoms with van der Waals surface area (Å²) in [6.07, 6.45) is 2.65. The third kappa shape index (κ3) is 2.48. The van der Waals surface area contributed by atoms with Gasteiger partial charge in [-0.15, -0.1) is 0 Å². The molecule has 1 heterocycles. The molecule has 0 aliphatic heterocycles. The Morgan fingerprint density at radius 1 is 1.35 bits per heavy atom. The Morgan fingerprint density at radius 2 is 2.12 bits per heavy atom. The summed E-state index contributed by atoms with van der Waals surface area (Å²) in [5, 5.41) is 19.0. The van der Waals surface area contributed by atoms with Crippen molar-refractivity contribution in [2.45, 2.75) is 31.3 Å². The van der Waals surface area contributed by atoms with Gasteiger partial charge in [0.25, 0.3) is 5.56 Å². The van der Waals surface area contributed by atoms with E-state index in [2.05, 4.69) is 9.97 Å². The van der Waals surface area contributed by atoms with Crippen molar-refractivity contribution in [2.75, 3.05) is 6.61 Å². The number of nitrogens with one attached hydrogen (secondary N) is 2. The normalized spacial score (nSPS) is 29.2. The Kier molecular flexibility index (Phi) is 3.44. The minimum Gasteiger partial charge on any atom is -0.396 e. The zero-order valence-electron chi connectivity index (χ0n) is 9.35. The molecule has 1 aromatic heterocycles. The van der Waals surface area contributed by atoms with Crippen LogP contribution in [0.3, 0.4) is 0 Å². The number of aromatic amines is 2. The maximum absolute atomic E-state index is 11.6. The summed E-state index contributed by atoms with van der Waals surface area (Å²) in [5.41, 5.74) is -0.630. The third-order valence-corrected chi connectivity index (χ3v) is 3.43. The second-order valence-electron chi connectivity index (χ2n) is 4.56. The summed E-state index contributed by atoms with van der Waals surface area (Å²) in [4.78, 5) is 27.1. The Balaban J connectivity index is 2.30. The van der Waals surface area contributed by atoms with E-state index >= 15 is 0 Å². The second kappa shape index (κ2) is 4.85. The molecule has 3 atom stereocenters. The SMILES string of the molecule is O=c1[nH]cc([C@H]2C[C@H](CO)CC[C@@H]2O)c(=O)[nH]1. The van der Waals surface area contributed by atoms with Crippen molar-refractivity contribution in [3.63, 3.8) is 0 Å². The van der Waals surface area contributed by atoms with Crippen molar-refractivity contribution in [1.29, 1.82) is 0 Å². The lowest BCUT2D eigenvalue weighted by atomic mass is 9.77. The average Bonchev–Trinajstić information content (AvgIpc) is 2.30. The molecule has 2 rings (SSSR count). The predicted octanol–water partition coefficient (Wildman–Crippen LogP) is -0.700. The quantitative estimate of drug-likeness (QED) is 0.548. The molecule has 6 heteroatoms. The summed E-state index contributed by atoms with van der Waals surface area (Å²) in [7, 11) is 0. The molecule has 4 N–H and O–H groups in total. The van der Waals surface area contributed by atoms with Crippen molar-refractivity contribution in [2.24, 2.45) is 5.92 Å². The van der Waals surface area contributed by atoms with Crippen molar-refractivity contribution in [1.82, 2.24) is 9.97 Å². The molecule has 17 heavy (non-hydrogen) atoms. The van der Waals surface area contributed by atoms with Crippen molar-refractivity contribution >= 4 is 0 Å². The Labute approximate surface area is 97.3 Å². The van der Waals surface area contributed by atoms with Crippen LogP contribution in [0.4, 0.5) is 0 Å². The number of aliphatic hydroxyl groups is 2. The van der Waals surface area contributed by atoms with Gasteiger partial charge in [-0.1, -0.05) is 0 Å². The lowest BCUT2D eigenvalue weighted by Gasteiger charge is -2.32. The Bertz CT molecular complexity index is 493. The molecule has 0 saturated heterocycles. The molecule has 1 aromatic rings. The van der Waals surface area contributed by atoms with E-state index in [4.69, 9.17) is 5.11 Å². The van der Waals surface area contributed by atoms with Crippen molar-refractivity contribution < 1.29 is 10.2 Å². The van der Waals surface area contributed by atoms with Crippen LogP contribution < -0.4 is 11.2 Å². The monoisotopic (exact) mass is 240 g/mol. The molecule has 1 fully saturated rings. The number of aromatic nitrogens is 2. The highest BCUT2D eigenvalue weighted by molar-refractivity contribution is 5.14. The van der Waals surface area contributed by atoms with Gasteiger partial charge in [-0.05, 0) is 25.2 Å². The number of H-pyrrole nitrogens is 2. The van der Waals surface area contributed by atoms with Gasteiger partial charge in [0.2, 0.25) is 0 Å². The number of rotatable bonds is 2. The summed E-state index contributed by atoms with van der Waals surface area (Å²) >= 11 is 0. The fourth-order valence-electron chi connectivity index (χ4n) is 2.44. The lowest BCUT2D eigenvalue weighted by Crippen LogP contribution is -2.34. The standard InChI is InChI=1S/C11H16N2O4/c14-5-6-1-2-9(15)7(3-6)8-4-12-11(17)13-10(8)16/h4,6-7,9,14-15H,1-3,5H2,(H2,12,13,16,17)/t6-,7-,9+/m1/s1. The van der Waals surface area contributed by atoms with Crippen LogP contribution in [0.1, 0.15) is 30.7 Å². The van der Waals surface area contributed by atoms with Gasteiger partial charge in [0, 0.05) is 24.3 Å². The maximum atomic E-state index is 11.6. The lowest BCUT2D eigenvalue weighted by molar-refractivity contribution is 0.0651. The van der Waals surface area contributed by atoms with Gasteiger partial charge < -0.3 is 15.2 Å². The molecule has 0 unspecified atom stereocenters. The molecule has 1 saturated carbocycles. The first-order valence-corrected chi connectivity index (χ1v) is 5.72. The summed E-state index contributed by atoms with van der Waals surface area (Å²) < 4.78 is 0. The van der Waals surface area contributed by atoms with Crippen LogP contribution in [0.25, 0.3) is 0 Å². The minimum absolute atomic E-state index is 0.0600.